The van der Waals surface area contributed by atoms with E-state index in [0.29, 0.717) is 34.9 Å². The van der Waals surface area contributed by atoms with E-state index in [0.717, 1.165) is 13.0 Å². The number of carbonyl (C=O) groups is 1. The molecule has 4 rings (SSSR count). The van der Waals surface area contributed by atoms with Crippen LogP contribution in [0.5, 0.6) is 0 Å². The molecule has 1 amide bonds. The number of anilines is 1. The van der Waals surface area contributed by atoms with E-state index in [2.05, 4.69) is 15.5 Å². The van der Waals surface area contributed by atoms with Crippen LogP contribution < -0.4 is 21.3 Å². The number of rotatable bonds is 6. The maximum Gasteiger partial charge on any atom is 0.256 e. The van der Waals surface area contributed by atoms with Gasteiger partial charge in [-0.15, -0.1) is 0 Å². The molecule has 1 saturated carbocycles. The third kappa shape index (κ3) is 5.03. The van der Waals surface area contributed by atoms with E-state index in [-0.39, 0.29) is 18.1 Å². The zero-order valence-corrected chi connectivity index (χ0v) is 18.9. The molecule has 0 radical (unpaired) electrons. The second kappa shape index (κ2) is 10.1. The molecule has 2 fully saturated rings. The van der Waals surface area contributed by atoms with Gasteiger partial charge in [0.15, 0.2) is 0 Å². The molecule has 2 aliphatic rings. The van der Waals surface area contributed by atoms with Crippen LogP contribution in [0.2, 0.25) is 0 Å². The Morgan fingerprint density at radius 2 is 2.06 bits per heavy atom. The third-order valence-electron chi connectivity index (χ3n) is 6.61. The number of pyridine rings is 1. The van der Waals surface area contributed by atoms with Gasteiger partial charge in [0.25, 0.3) is 5.91 Å². The van der Waals surface area contributed by atoms with Crippen molar-refractivity contribution in [2.24, 2.45) is 5.73 Å². The zero-order chi connectivity index (χ0) is 22.7. The fourth-order valence-electron chi connectivity index (χ4n) is 4.95. The molecular weight excluding hydrogens is 409 g/mol. The summed E-state index contributed by atoms with van der Waals surface area (Å²) in [7, 11) is 1.73. The second-order valence-corrected chi connectivity index (χ2v) is 9.05. The monoisotopic (exact) mass is 443 g/mol. The van der Waals surface area contributed by atoms with Gasteiger partial charge >= 0.3 is 0 Å². The normalized spacial score (nSPS) is 23.3. The van der Waals surface area contributed by atoms with E-state index in [1.807, 2.05) is 0 Å². The van der Waals surface area contributed by atoms with Crippen LogP contribution in [-0.4, -0.2) is 55.4 Å². The molecule has 0 unspecified atom stereocenters. The van der Waals surface area contributed by atoms with E-state index >= 15 is 0 Å². The van der Waals surface area contributed by atoms with E-state index in [9.17, 15) is 9.18 Å². The van der Waals surface area contributed by atoms with E-state index in [1.54, 1.807) is 32.2 Å². The van der Waals surface area contributed by atoms with Crippen LogP contribution in [-0.2, 0) is 4.74 Å². The van der Waals surface area contributed by atoms with Crippen molar-refractivity contribution in [1.82, 2.24) is 15.6 Å². The standard InChI is InChI=1S/C24H34FN5O2/c1-15(26)27-24(31)18-13-17-19(25)9-6-10-20(17)29-23(18)30-12-11-21(22(14-30)32-2)28-16-7-4-3-5-8-16/h6,9-10,13,15-16,21-22,28H,3-5,7-8,11-12,14,26H2,1-2H3,(H,27,31)/t15-,21-,22+/m1/s1. The molecule has 32 heavy (non-hydrogen) atoms. The lowest BCUT2D eigenvalue weighted by Crippen LogP contribution is -2.56. The highest BCUT2D eigenvalue weighted by atomic mass is 19.1. The summed E-state index contributed by atoms with van der Waals surface area (Å²) in [6.45, 7) is 3.03. The quantitative estimate of drug-likeness (QED) is 0.595. The number of fused-ring (bicyclic) bond motifs is 1. The van der Waals surface area contributed by atoms with E-state index in [1.165, 1.54) is 38.2 Å². The van der Waals surface area contributed by atoms with E-state index < -0.39 is 12.0 Å². The SMILES string of the molecule is CO[C@H]1CN(c2nc3cccc(F)c3cc2C(=O)N[C@H](C)N)CC[C@H]1NC1CCCCC1. The smallest absolute Gasteiger partial charge is 0.256 e. The fraction of sp³-hybridized carbons (Fsp3) is 0.583. The Labute approximate surface area is 188 Å². The number of aromatic nitrogens is 1. The number of benzene rings is 1. The molecule has 0 spiro atoms. The van der Waals surface area contributed by atoms with Crippen LogP contribution in [0.3, 0.4) is 0 Å². The number of ether oxygens (including phenoxy) is 1. The molecule has 1 aromatic carbocycles. The molecule has 0 bridgehead atoms. The first-order valence-electron chi connectivity index (χ1n) is 11.7. The van der Waals surface area contributed by atoms with Gasteiger partial charge in [-0.05, 0) is 44.4 Å². The Balaban J connectivity index is 1.61. The summed E-state index contributed by atoms with van der Waals surface area (Å²) < 4.78 is 20.3. The van der Waals surface area contributed by atoms with Crippen molar-refractivity contribution in [3.63, 3.8) is 0 Å². The van der Waals surface area contributed by atoms with Crippen molar-refractivity contribution < 1.29 is 13.9 Å². The van der Waals surface area contributed by atoms with Crippen molar-refractivity contribution in [2.75, 3.05) is 25.1 Å². The predicted molar refractivity (Wildman–Crippen MR) is 124 cm³/mol. The van der Waals surface area contributed by atoms with Gasteiger partial charge in [0.05, 0.1) is 23.3 Å². The summed E-state index contributed by atoms with van der Waals surface area (Å²) in [5.74, 6) is -0.218. The highest BCUT2D eigenvalue weighted by Crippen LogP contribution is 2.29. The van der Waals surface area contributed by atoms with Crippen molar-refractivity contribution in [2.45, 2.75) is 69.8 Å². The maximum atomic E-state index is 14.4. The molecule has 174 valence electrons. The molecule has 1 aliphatic carbocycles. The number of hydrogen-bond acceptors (Lipinski definition) is 6. The number of piperidine rings is 1. The Bertz CT molecular complexity index is 947. The second-order valence-electron chi connectivity index (χ2n) is 9.05. The summed E-state index contributed by atoms with van der Waals surface area (Å²) in [5, 5.41) is 6.85. The number of nitrogens with zero attached hydrogens (tertiary/aromatic N) is 2. The molecule has 1 aromatic heterocycles. The lowest BCUT2D eigenvalue weighted by atomic mass is 9.92. The van der Waals surface area contributed by atoms with Gasteiger partial charge in [-0.25, -0.2) is 9.37 Å². The van der Waals surface area contributed by atoms with Crippen LogP contribution in [0.25, 0.3) is 10.9 Å². The first-order valence-corrected chi connectivity index (χ1v) is 11.7. The Morgan fingerprint density at radius 3 is 2.78 bits per heavy atom. The third-order valence-corrected chi connectivity index (χ3v) is 6.61. The lowest BCUT2D eigenvalue weighted by molar-refractivity contribution is 0.0533. The van der Waals surface area contributed by atoms with Gasteiger partial charge in [-0.3, -0.25) is 4.79 Å². The number of nitrogens with two attached hydrogens (primary N) is 1. The minimum absolute atomic E-state index is 0.0278. The van der Waals surface area contributed by atoms with Gasteiger partial charge in [0.2, 0.25) is 0 Å². The number of halogens is 1. The number of nitrogens with one attached hydrogen (secondary N) is 2. The van der Waals surface area contributed by atoms with Crippen LogP contribution in [0.4, 0.5) is 10.2 Å². The first-order chi connectivity index (χ1) is 15.5. The predicted octanol–water partition coefficient (Wildman–Crippen LogP) is 2.92. The fourth-order valence-corrected chi connectivity index (χ4v) is 4.95. The number of hydrogen-bond donors (Lipinski definition) is 3. The molecular formula is C24H34FN5O2. The van der Waals surface area contributed by atoms with Crippen LogP contribution in [0.15, 0.2) is 24.3 Å². The highest BCUT2D eigenvalue weighted by Gasteiger charge is 2.33. The van der Waals surface area contributed by atoms with E-state index in [4.69, 9.17) is 15.5 Å². The largest absolute Gasteiger partial charge is 0.378 e. The molecule has 4 N–H and O–H groups in total. The summed E-state index contributed by atoms with van der Waals surface area (Å²) in [4.78, 5) is 19.7. The number of carbonyl (C=O) groups excluding carboxylic acids is 1. The first kappa shape index (κ1) is 22.9. The molecule has 1 aliphatic heterocycles. The number of amides is 1. The van der Waals surface area contributed by atoms with Gasteiger partial charge in [0, 0.05) is 37.7 Å². The van der Waals surface area contributed by atoms with Crippen LogP contribution in [0, 0.1) is 5.82 Å². The molecule has 1 saturated heterocycles. The van der Waals surface area contributed by atoms with Crippen molar-refractivity contribution in [3.8, 4) is 0 Å². The van der Waals surface area contributed by atoms with Crippen LogP contribution >= 0.6 is 0 Å². The average molecular weight is 444 g/mol. The van der Waals surface area contributed by atoms with Crippen molar-refractivity contribution in [1.29, 1.82) is 0 Å². The highest BCUT2D eigenvalue weighted by molar-refractivity contribution is 6.02. The van der Waals surface area contributed by atoms with Crippen molar-refractivity contribution >= 4 is 22.6 Å². The molecule has 2 heterocycles. The summed E-state index contributed by atoms with van der Waals surface area (Å²) >= 11 is 0. The molecule has 7 nitrogen and oxygen atoms in total. The Morgan fingerprint density at radius 1 is 1.28 bits per heavy atom. The number of methoxy groups -OCH3 is 1. The minimum atomic E-state index is -0.524. The maximum absolute atomic E-state index is 14.4. The van der Waals surface area contributed by atoms with Gasteiger partial charge in [0.1, 0.15) is 11.6 Å². The summed E-state index contributed by atoms with van der Waals surface area (Å²) in [6.07, 6.45) is 6.65. The molecule has 2 aromatic rings. The Kier molecular flexibility index (Phi) is 7.23. The minimum Gasteiger partial charge on any atom is -0.378 e. The van der Waals surface area contributed by atoms with Crippen molar-refractivity contribution in [3.05, 3.63) is 35.6 Å². The molecule has 3 atom stereocenters. The van der Waals surface area contributed by atoms with Crippen LogP contribution in [0.1, 0.15) is 55.8 Å². The molecule has 8 heteroatoms. The topological polar surface area (TPSA) is 92.5 Å². The lowest BCUT2D eigenvalue weighted by Gasteiger charge is -2.41. The van der Waals surface area contributed by atoms with Gasteiger partial charge < -0.3 is 26.0 Å². The summed E-state index contributed by atoms with van der Waals surface area (Å²) in [5.41, 5.74) is 6.63. The average Bonchev–Trinajstić information content (AvgIpc) is 2.79. The van der Waals surface area contributed by atoms with Gasteiger partial charge in [-0.1, -0.05) is 25.3 Å². The Hall–Kier alpha value is -2.29. The zero-order valence-electron chi connectivity index (χ0n) is 18.9. The van der Waals surface area contributed by atoms with Gasteiger partial charge in [-0.2, -0.15) is 0 Å². The summed E-state index contributed by atoms with van der Waals surface area (Å²) in [6, 6.07) is 7.17.